The summed E-state index contributed by atoms with van der Waals surface area (Å²) in [4.78, 5) is 0.674. The largest absolute Gasteiger partial charge is 0.386 e. The second-order valence-electron chi connectivity index (χ2n) is 2.23. The van der Waals surface area contributed by atoms with Gasteiger partial charge in [-0.25, -0.2) is 0 Å². The van der Waals surface area contributed by atoms with Crippen LogP contribution in [0.4, 0.5) is 0 Å². The zero-order valence-electron chi connectivity index (χ0n) is 6.19. The van der Waals surface area contributed by atoms with Crippen LogP contribution in [0.1, 0.15) is 23.0 Å². The molecular weight excluding hydrogens is 172 g/mol. The van der Waals surface area contributed by atoms with Crippen LogP contribution >= 0.6 is 11.3 Å². The van der Waals surface area contributed by atoms with Crippen LogP contribution in [0.5, 0.6) is 0 Å². The summed E-state index contributed by atoms with van der Waals surface area (Å²) in [5, 5.41) is 27.7. The van der Waals surface area contributed by atoms with Crippen LogP contribution in [0.15, 0.2) is 11.4 Å². The Morgan fingerprint density at radius 3 is 2.83 bits per heavy atom. The van der Waals surface area contributed by atoms with Gasteiger partial charge in [0.25, 0.3) is 0 Å². The molecule has 0 saturated heterocycles. The number of nitriles is 2. The van der Waals surface area contributed by atoms with E-state index >= 15 is 0 Å². The van der Waals surface area contributed by atoms with Crippen LogP contribution in [0.25, 0.3) is 0 Å². The summed E-state index contributed by atoms with van der Waals surface area (Å²) in [7, 11) is 0. The Morgan fingerprint density at radius 2 is 2.33 bits per heavy atom. The van der Waals surface area contributed by atoms with Crippen molar-refractivity contribution in [1.82, 2.24) is 0 Å². The average Bonchev–Trinajstić information content (AvgIpc) is 2.52. The highest BCUT2D eigenvalue weighted by Gasteiger charge is 2.09. The standard InChI is InChI=1S/C8H6N2OS/c9-2-1-7(11)8-3-6(4-10)5-12-8/h3,5,7,11H,1H2. The third kappa shape index (κ3) is 1.82. The van der Waals surface area contributed by atoms with Crippen molar-refractivity contribution in [3.8, 4) is 12.1 Å². The van der Waals surface area contributed by atoms with Crippen LogP contribution in [-0.2, 0) is 0 Å². The van der Waals surface area contributed by atoms with Crippen molar-refractivity contribution in [2.45, 2.75) is 12.5 Å². The third-order valence-corrected chi connectivity index (χ3v) is 2.40. The molecule has 0 spiro atoms. The lowest BCUT2D eigenvalue weighted by Gasteiger charge is -1.99. The van der Waals surface area contributed by atoms with Crippen LogP contribution in [0.2, 0.25) is 0 Å². The molecule has 1 atom stereocenters. The summed E-state index contributed by atoms with van der Waals surface area (Å²) in [6.45, 7) is 0. The lowest BCUT2D eigenvalue weighted by atomic mass is 10.2. The van der Waals surface area contributed by atoms with Crippen molar-refractivity contribution in [1.29, 1.82) is 10.5 Å². The first-order chi connectivity index (χ1) is 5.77. The molecule has 0 saturated carbocycles. The Kier molecular flexibility index (Phi) is 2.82. The molecule has 1 N–H and O–H groups in total. The molecule has 0 bridgehead atoms. The van der Waals surface area contributed by atoms with Gasteiger partial charge in [0.2, 0.25) is 0 Å². The molecule has 1 rings (SSSR count). The molecule has 0 amide bonds. The minimum Gasteiger partial charge on any atom is -0.386 e. The number of hydrogen-bond donors (Lipinski definition) is 1. The Morgan fingerprint density at radius 1 is 1.58 bits per heavy atom. The van der Waals surface area contributed by atoms with Crippen molar-refractivity contribution in [2.75, 3.05) is 0 Å². The predicted octanol–water partition coefficient (Wildman–Crippen LogP) is 1.57. The smallest absolute Gasteiger partial charge is 0.101 e. The fraction of sp³-hybridized carbons (Fsp3) is 0.250. The van der Waals surface area contributed by atoms with Gasteiger partial charge < -0.3 is 5.11 Å². The van der Waals surface area contributed by atoms with Gasteiger partial charge >= 0.3 is 0 Å². The molecule has 4 heteroatoms. The maximum absolute atomic E-state index is 9.31. The van der Waals surface area contributed by atoms with E-state index in [-0.39, 0.29) is 6.42 Å². The number of rotatable bonds is 2. The topological polar surface area (TPSA) is 67.8 Å². The lowest BCUT2D eigenvalue weighted by Crippen LogP contribution is -1.91. The Bertz CT molecular complexity index is 345. The number of aliphatic hydroxyl groups is 1. The first-order valence-corrected chi connectivity index (χ1v) is 4.19. The molecule has 12 heavy (non-hydrogen) atoms. The monoisotopic (exact) mass is 178 g/mol. The van der Waals surface area contributed by atoms with Crippen molar-refractivity contribution >= 4 is 11.3 Å². The molecule has 0 aliphatic carbocycles. The first kappa shape index (κ1) is 8.73. The van der Waals surface area contributed by atoms with Gasteiger partial charge in [-0.3, -0.25) is 0 Å². The van der Waals surface area contributed by atoms with Crippen LogP contribution in [0, 0.1) is 22.7 Å². The van der Waals surface area contributed by atoms with E-state index in [1.54, 1.807) is 11.4 Å². The van der Waals surface area contributed by atoms with Crippen molar-refractivity contribution < 1.29 is 5.11 Å². The Balaban J connectivity index is 2.77. The van der Waals surface area contributed by atoms with E-state index in [2.05, 4.69) is 0 Å². The third-order valence-electron chi connectivity index (χ3n) is 1.36. The quantitative estimate of drug-likeness (QED) is 0.747. The van der Waals surface area contributed by atoms with Gasteiger partial charge in [-0.15, -0.1) is 11.3 Å². The zero-order chi connectivity index (χ0) is 8.97. The highest BCUT2D eigenvalue weighted by atomic mass is 32.1. The lowest BCUT2D eigenvalue weighted by molar-refractivity contribution is 0.187. The number of hydrogen-bond acceptors (Lipinski definition) is 4. The molecule has 1 aromatic heterocycles. The molecule has 1 heterocycles. The van der Waals surface area contributed by atoms with Gasteiger partial charge in [0, 0.05) is 10.3 Å². The number of nitrogens with zero attached hydrogens (tertiary/aromatic N) is 2. The highest BCUT2D eigenvalue weighted by molar-refractivity contribution is 7.10. The summed E-state index contributed by atoms with van der Waals surface area (Å²) in [5.41, 5.74) is 0.534. The molecular formula is C8H6N2OS. The van der Waals surface area contributed by atoms with Crippen LogP contribution in [-0.4, -0.2) is 5.11 Å². The van der Waals surface area contributed by atoms with Gasteiger partial charge in [0.1, 0.15) is 12.2 Å². The van der Waals surface area contributed by atoms with E-state index in [1.807, 2.05) is 12.1 Å². The van der Waals surface area contributed by atoms with Crippen LogP contribution in [0.3, 0.4) is 0 Å². The predicted molar refractivity (Wildman–Crippen MR) is 44.2 cm³/mol. The maximum atomic E-state index is 9.31. The summed E-state index contributed by atoms with van der Waals surface area (Å²) in [5.74, 6) is 0. The Hall–Kier alpha value is -1.36. The van der Waals surface area contributed by atoms with Gasteiger partial charge in [0.05, 0.1) is 18.1 Å². The second-order valence-corrected chi connectivity index (χ2v) is 3.17. The molecule has 1 unspecified atom stereocenters. The van der Waals surface area contributed by atoms with Crippen molar-refractivity contribution in [3.63, 3.8) is 0 Å². The fourth-order valence-corrected chi connectivity index (χ4v) is 1.59. The summed E-state index contributed by atoms with van der Waals surface area (Å²) in [6, 6.07) is 5.43. The number of thiophene rings is 1. The van der Waals surface area contributed by atoms with Gasteiger partial charge in [-0.2, -0.15) is 10.5 Å². The van der Waals surface area contributed by atoms with E-state index in [1.165, 1.54) is 11.3 Å². The maximum Gasteiger partial charge on any atom is 0.101 e. The molecule has 0 aliphatic heterocycles. The number of aliphatic hydroxyl groups excluding tert-OH is 1. The van der Waals surface area contributed by atoms with E-state index in [4.69, 9.17) is 10.5 Å². The van der Waals surface area contributed by atoms with E-state index in [9.17, 15) is 5.11 Å². The summed E-state index contributed by atoms with van der Waals surface area (Å²) >= 11 is 1.30. The average molecular weight is 178 g/mol. The molecule has 0 aliphatic rings. The molecule has 60 valence electrons. The highest BCUT2D eigenvalue weighted by Crippen LogP contribution is 2.23. The molecule has 0 fully saturated rings. The second kappa shape index (κ2) is 3.87. The zero-order valence-corrected chi connectivity index (χ0v) is 7.01. The van der Waals surface area contributed by atoms with E-state index in [0.717, 1.165) is 0 Å². The van der Waals surface area contributed by atoms with Crippen LogP contribution < -0.4 is 0 Å². The van der Waals surface area contributed by atoms with Gasteiger partial charge in [-0.1, -0.05) is 0 Å². The minimum atomic E-state index is -0.748. The molecule has 3 nitrogen and oxygen atoms in total. The van der Waals surface area contributed by atoms with Crippen molar-refractivity contribution in [2.24, 2.45) is 0 Å². The SMILES string of the molecule is N#CCC(O)c1cc(C#N)cs1. The minimum absolute atomic E-state index is 0.0748. The Labute approximate surface area is 74.1 Å². The van der Waals surface area contributed by atoms with E-state index < -0.39 is 6.10 Å². The van der Waals surface area contributed by atoms with Gasteiger partial charge in [0.15, 0.2) is 0 Å². The molecule has 1 aromatic rings. The fourth-order valence-electron chi connectivity index (χ4n) is 0.773. The normalized spacial score (nSPS) is 11.6. The molecule has 0 aromatic carbocycles. The summed E-state index contributed by atoms with van der Waals surface area (Å²) in [6.07, 6.45) is -0.673. The van der Waals surface area contributed by atoms with E-state index in [0.29, 0.717) is 10.4 Å². The van der Waals surface area contributed by atoms with Gasteiger partial charge in [-0.05, 0) is 6.07 Å². The van der Waals surface area contributed by atoms with Crippen molar-refractivity contribution in [3.05, 3.63) is 21.9 Å². The first-order valence-electron chi connectivity index (χ1n) is 3.31. The summed E-state index contributed by atoms with van der Waals surface area (Å²) < 4.78 is 0. The molecule has 0 radical (unpaired) electrons.